The highest BCUT2D eigenvalue weighted by atomic mass is 19.1. The second-order valence-corrected chi connectivity index (χ2v) is 7.80. The molecular formula is C25H25F2N3O3. The van der Waals surface area contributed by atoms with Crippen LogP contribution in [0.4, 0.5) is 8.78 Å². The first-order chi connectivity index (χ1) is 15.8. The quantitative estimate of drug-likeness (QED) is 0.513. The number of amides is 2. The Morgan fingerprint density at radius 1 is 0.970 bits per heavy atom. The zero-order chi connectivity index (χ0) is 23.8. The third kappa shape index (κ3) is 6.58. The van der Waals surface area contributed by atoms with Gasteiger partial charge in [-0.25, -0.2) is 8.78 Å². The van der Waals surface area contributed by atoms with Crippen LogP contribution in [0.3, 0.4) is 0 Å². The third-order valence-electron chi connectivity index (χ3n) is 4.94. The topological polar surface area (TPSA) is 80.3 Å². The van der Waals surface area contributed by atoms with Crippen LogP contribution in [-0.4, -0.2) is 22.8 Å². The summed E-state index contributed by atoms with van der Waals surface area (Å²) >= 11 is 0. The molecule has 1 unspecified atom stereocenters. The normalized spacial score (nSPS) is 11.7. The molecule has 1 aromatic heterocycles. The van der Waals surface area contributed by atoms with Crippen LogP contribution < -0.4 is 15.4 Å². The van der Waals surface area contributed by atoms with Crippen molar-refractivity contribution in [3.8, 4) is 5.75 Å². The van der Waals surface area contributed by atoms with Gasteiger partial charge in [-0.2, -0.15) is 0 Å². The van der Waals surface area contributed by atoms with Gasteiger partial charge >= 0.3 is 0 Å². The number of ether oxygens (including phenoxy) is 1. The molecule has 6 nitrogen and oxygen atoms in total. The van der Waals surface area contributed by atoms with E-state index in [9.17, 15) is 18.4 Å². The summed E-state index contributed by atoms with van der Waals surface area (Å²) in [5, 5.41) is 5.19. The van der Waals surface area contributed by atoms with Gasteiger partial charge in [0, 0.05) is 24.5 Å². The zero-order valence-corrected chi connectivity index (χ0v) is 18.3. The lowest BCUT2D eigenvalue weighted by Gasteiger charge is -2.22. The molecule has 2 amide bonds. The summed E-state index contributed by atoms with van der Waals surface area (Å²) in [5.41, 5.74) is 1.06. The number of nitrogens with one attached hydrogen (secondary N) is 2. The SMILES string of the molecule is CC(C)C(NC(=O)c1c(F)cccc1F)C(=O)NCc1ccc(OCc2cccnc2)cc1. The van der Waals surface area contributed by atoms with Gasteiger partial charge in [0.15, 0.2) is 0 Å². The van der Waals surface area contributed by atoms with Crippen LogP contribution in [-0.2, 0) is 17.9 Å². The number of halogens is 2. The van der Waals surface area contributed by atoms with Crippen molar-refractivity contribution in [1.82, 2.24) is 15.6 Å². The van der Waals surface area contributed by atoms with Crippen molar-refractivity contribution >= 4 is 11.8 Å². The minimum atomic E-state index is -0.985. The number of hydrogen-bond donors (Lipinski definition) is 2. The fourth-order valence-electron chi connectivity index (χ4n) is 3.12. The summed E-state index contributed by atoms with van der Waals surface area (Å²) in [6.45, 7) is 4.07. The fraction of sp³-hybridized carbons (Fsp3) is 0.240. The van der Waals surface area contributed by atoms with E-state index in [0.29, 0.717) is 12.4 Å². The number of pyridine rings is 1. The first-order valence-corrected chi connectivity index (χ1v) is 10.5. The minimum Gasteiger partial charge on any atom is -0.489 e. The lowest BCUT2D eigenvalue weighted by atomic mass is 10.0. The van der Waals surface area contributed by atoms with E-state index < -0.39 is 35.1 Å². The van der Waals surface area contributed by atoms with Crippen molar-refractivity contribution in [3.05, 3.63) is 95.3 Å². The van der Waals surface area contributed by atoms with Gasteiger partial charge in [-0.1, -0.05) is 38.1 Å². The van der Waals surface area contributed by atoms with Crippen LogP contribution in [0.2, 0.25) is 0 Å². The van der Waals surface area contributed by atoms with Gasteiger partial charge < -0.3 is 15.4 Å². The minimum absolute atomic E-state index is 0.217. The number of benzene rings is 2. The average Bonchev–Trinajstić information content (AvgIpc) is 2.80. The highest BCUT2D eigenvalue weighted by Gasteiger charge is 2.27. The first-order valence-electron chi connectivity index (χ1n) is 10.5. The summed E-state index contributed by atoms with van der Waals surface area (Å²) < 4.78 is 33.5. The number of hydrogen-bond acceptors (Lipinski definition) is 4. The lowest BCUT2D eigenvalue weighted by molar-refractivity contribution is -0.124. The van der Waals surface area contributed by atoms with E-state index in [2.05, 4.69) is 15.6 Å². The van der Waals surface area contributed by atoms with E-state index in [4.69, 9.17) is 4.74 Å². The van der Waals surface area contributed by atoms with E-state index in [1.807, 2.05) is 24.3 Å². The van der Waals surface area contributed by atoms with Gasteiger partial charge in [0.1, 0.15) is 35.6 Å². The van der Waals surface area contributed by atoms with Crippen LogP contribution in [0.1, 0.15) is 35.3 Å². The molecule has 3 aromatic rings. The Kier molecular flexibility index (Phi) is 8.07. The summed E-state index contributed by atoms with van der Waals surface area (Å²) in [5.74, 6) is -3.02. The molecule has 2 aromatic carbocycles. The second kappa shape index (κ2) is 11.2. The van der Waals surface area contributed by atoms with E-state index in [0.717, 1.165) is 23.3 Å². The van der Waals surface area contributed by atoms with Crippen molar-refractivity contribution in [1.29, 1.82) is 0 Å². The van der Waals surface area contributed by atoms with E-state index >= 15 is 0 Å². The van der Waals surface area contributed by atoms with Crippen molar-refractivity contribution in [2.45, 2.75) is 33.0 Å². The summed E-state index contributed by atoms with van der Waals surface area (Å²) in [6.07, 6.45) is 3.43. The van der Waals surface area contributed by atoms with Crippen LogP contribution >= 0.6 is 0 Å². The highest BCUT2D eigenvalue weighted by Crippen LogP contribution is 2.15. The molecule has 0 spiro atoms. The summed E-state index contributed by atoms with van der Waals surface area (Å²) in [7, 11) is 0. The number of nitrogens with zero attached hydrogens (tertiary/aromatic N) is 1. The van der Waals surface area contributed by atoms with Gasteiger partial charge in [0.05, 0.1) is 0 Å². The van der Waals surface area contributed by atoms with Crippen molar-refractivity contribution < 1.29 is 23.1 Å². The second-order valence-electron chi connectivity index (χ2n) is 7.80. The van der Waals surface area contributed by atoms with Gasteiger partial charge in [-0.15, -0.1) is 0 Å². The number of rotatable bonds is 9. The predicted molar refractivity (Wildman–Crippen MR) is 119 cm³/mol. The smallest absolute Gasteiger partial charge is 0.257 e. The Bertz CT molecular complexity index is 1070. The maximum absolute atomic E-state index is 13.9. The third-order valence-corrected chi connectivity index (χ3v) is 4.94. The molecule has 33 heavy (non-hydrogen) atoms. The molecular weight excluding hydrogens is 428 g/mol. The molecule has 0 saturated carbocycles. The van der Waals surface area contributed by atoms with Crippen LogP contribution in [0.25, 0.3) is 0 Å². The number of aromatic nitrogens is 1. The zero-order valence-electron chi connectivity index (χ0n) is 18.3. The molecule has 0 aliphatic rings. The fourth-order valence-corrected chi connectivity index (χ4v) is 3.12. The van der Waals surface area contributed by atoms with Crippen LogP contribution in [0.5, 0.6) is 5.75 Å². The number of carbonyl (C=O) groups excluding carboxylic acids is 2. The Morgan fingerprint density at radius 3 is 2.27 bits per heavy atom. The summed E-state index contributed by atoms with van der Waals surface area (Å²) in [6, 6.07) is 13.2. The molecule has 0 bridgehead atoms. The molecule has 3 rings (SSSR count). The largest absolute Gasteiger partial charge is 0.489 e. The van der Waals surface area contributed by atoms with Gasteiger partial charge in [-0.3, -0.25) is 14.6 Å². The molecule has 1 atom stereocenters. The Hall–Kier alpha value is -3.81. The Labute approximate surface area is 191 Å². The molecule has 1 heterocycles. The molecule has 0 radical (unpaired) electrons. The molecule has 0 aliphatic heterocycles. The molecule has 0 aliphatic carbocycles. The maximum Gasteiger partial charge on any atom is 0.257 e. The van der Waals surface area contributed by atoms with Crippen molar-refractivity contribution in [3.63, 3.8) is 0 Å². The van der Waals surface area contributed by atoms with E-state index in [-0.39, 0.29) is 12.5 Å². The monoisotopic (exact) mass is 453 g/mol. The molecule has 172 valence electrons. The first kappa shape index (κ1) is 23.8. The van der Waals surface area contributed by atoms with E-state index in [1.165, 1.54) is 6.07 Å². The Morgan fingerprint density at radius 2 is 1.67 bits per heavy atom. The molecule has 8 heteroatoms. The standard InChI is InChI=1S/C25H25F2N3O3/c1-16(2)23(30-24(31)22-20(26)6-3-7-21(22)27)25(32)29-14-17-8-10-19(11-9-17)33-15-18-5-4-12-28-13-18/h3-13,16,23H,14-15H2,1-2H3,(H,29,32)(H,30,31). The van der Waals surface area contributed by atoms with Crippen molar-refractivity contribution in [2.75, 3.05) is 0 Å². The van der Waals surface area contributed by atoms with Crippen LogP contribution in [0, 0.1) is 17.6 Å². The Balaban J connectivity index is 1.55. The van der Waals surface area contributed by atoms with E-state index in [1.54, 1.807) is 38.4 Å². The molecule has 2 N–H and O–H groups in total. The van der Waals surface area contributed by atoms with Crippen LogP contribution in [0.15, 0.2) is 67.0 Å². The van der Waals surface area contributed by atoms with Gasteiger partial charge in [-0.05, 0) is 41.8 Å². The lowest BCUT2D eigenvalue weighted by Crippen LogP contribution is -2.49. The van der Waals surface area contributed by atoms with Crippen molar-refractivity contribution in [2.24, 2.45) is 5.92 Å². The number of carbonyl (C=O) groups is 2. The molecule has 0 fully saturated rings. The van der Waals surface area contributed by atoms with Gasteiger partial charge in [0.25, 0.3) is 5.91 Å². The molecule has 0 saturated heterocycles. The highest BCUT2D eigenvalue weighted by molar-refractivity contribution is 5.98. The summed E-state index contributed by atoms with van der Waals surface area (Å²) in [4.78, 5) is 29.1. The average molecular weight is 453 g/mol. The van der Waals surface area contributed by atoms with Gasteiger partial charge in [0.2, 0.25) is 5.91 Å². The predicted octanol–water partition coefficient (Wildman–Crippen LogP) is 4.01. The maximum atomic E-state index is 13.9.